The number of carboxylic acids is 1. The number of nitrogens with one attached hydrogen (secondary N) is 2. The minimum absolute atomic E-state index is 0.0610. The maximum atomic E-state index is 11.2. The summed E-state index contributed by atoms with van der Waals surface area (Å²) >= 11 is 0. The first kappa shape index (κ1) is 11.8. The van der Waals surface area contributed by atoms with Crippen molar-refractivity contribution in [2.45, 2.75) is 6.92 Å². The van der Waals surface area contributed by atoms with Gasteiger partial charge in [-0.3, -0.25) is 0 Å². The number of hydrogen-bond donors (Lipinski definition) is 4. The van der Waals surface area contributed by atoms with Crippen LogP contribution in [0.25, 0.3) is 0 Å². The molecule has 0 heterocycles. The molecule has 0 radical (unpaired) electrons. The lowest BCUT2D eigenvalue weighted by Crippen LogP contribution is -2.28. The predicted octanol–water partition coefficient (Wildman–Crippen LogP) is 1.23. The van der Waals surface area contributed by atoms with Crippen molar-refractivity contribution in [2.75, 3.05) is 11.9 Å². The SMILES string of the molecule is CCNC(=O)Nc1cccc(C(=O)O)c1O. The molecule has 1 aromatic carbocycles. The highest BCUT2D eigenvalue weighted by molar-refractivity contribution is 5.97. The van der Waals surface area contributed by atoms with Crippen molar-refractivity contribution in [3.63, 3.8) is 0 Å². The normalized spacial score (nSPS) is 9.56. The Hall–Kier alpha value is -2.24. The number of carbonyl (C=O) groups is 2. The molecule has 0 saturated heterocycles. The van der Waals surface area contributed by atoms with Gasteiger partial charge in [0.05, 0.1) is 5.69 Å². The molecule has 1 rings (SSSR count). The van der Waals surface area contributed by atoms with E-state index in [1.807, 2.05) is 0 Å². The molecule has 0 aromatic heterocycles. The lowest BCUT2D eigenvalue weighted by Gasteiger charge is -2.09. The van der Waals surface area contributed by atoms with Crippen molar-refractivity contribution >= 4 is 17.7 Å². The highest BCUT2D eigenvalue weighted by Crippen LogP contribution is 2.27. The Labute approximate surface area is 91.9 Å². The average molecular weight is 224 g/mol. The third-order valence-corrected chi connectivity index (χ3v) is 1.85. The number of para-hydroxylation sites is 1. The fourth-order valence-corrected chi connectivity index (χ4v) is 1.14. The Kier molecular flexibility index (Phi) is 3.71. The summed E-state index contributed by atoms with van der Waals surface area (Å²) < 4.78 is 0. The van der Waals surface area contributed by atoms with E-state index in [1.54, 1.807) is 6.92 Å². The van der Waals surface area contributed by atoms with E-state index in [0.717, 1.165) is 0 Å². The van der Waals surface area contributed by atoms with E-state index >= 15 is 0 Å². The van der Waals surface area contributed by atoms with Gasteiger partial charge in [-0.25, -0.2) is 9.59 Å². The molecule has 6 heteroatoms. The fraction of sp³-hybridized carbons (Fsp3) is 0.200. The van der Waals surface area contributed by atoms with Crippen LogP contribution in [-0.4, -0.2) is 28.8 Å². The molecule has 4 N–H and O–H groups in total. The van der Waals surface area contributed by atoms with E-state index in [-0.39, 0.29) is 11.3 Å². The van der Waals surface area contributed by atoms with Crippen molar-refractivity contribution in [2.24, 2.45) is 0 Å². The van der Waals surface area contributed by atoms with Crippen molar-refractivity contribution < 1.29 is 19.8 Å². The maximum Gasteiger partial charge on any atom is 0.339 e. The number of urea groups is 1. The largest absolute Gasteiger partial charge is 0.505 e. The molecule has 6 nitrogen and oxygen atoms in total. The van der Waals surface area contributed by atoms with E-state index in [9.17, 15) is 14.7 Å². The molecule has 86 valence electrons. The van der Waals surface area contributed by atoms with Gasteiger partial charge in [-0.15, -0.1) is 0 Å². The zero-order chi connectivity index (χ0) is 12.1. The summed E-state index contributed by atoms with van der Waals surface area (Å²) in [4.78, 5) is 21.9. The van der Waals surface area contributed by atoms with Gasteiger partial charge >= 0.3 is 12.0 Å². The molecule has 0 aliphatic heterocycles. The molecule has 0 fully saturated rings. The number of aromatic hydroxyl groups is 1. The third kappa shape index (κ3) is 2.63. The van der Waals surface area contributed by atoms with Gasteiger partial charge in [-0.05, 0) is 19.1 Å². The summed E-state index contributed by atoms with van der Waals surface area (Å²) in [6.45, 7) is 2.18. The highest BCUT2D eigenvalue weighted by Gasteiger charge is 2.13. The zero-order valence-corrected chi connectivity index (χ0v) is 8.65. The van der Waals surface area contributed by atoms with Crippen LogP contribution < -0.4 is 10.6 Å². The first-order valence-electron chi connectivity index (χ1n) is 4.66. The summed E-state index contributed by atoms with van der Waals surface area (Å²) in [6, 6.07) is 3.60. The molecule has 0 unspecified atom stereocenters. The van der Waals surface area contributed by atoms with Gasteiger partial charge < -0.3 is 20.8 Å². The van der Waals surface area contributed by atoms with Gasteiger partial charge in [-0.1, -0.05) is 6.07 Å². The number of hydrogen-bond acceptors (Lipinski definition) is 3. The van der Waals surface area contributed by atoms with Gasteiger partial charge in [0, 0.05) is 6.54 Å². The molecule has 0 aliphatic rings. The zero-order valence-electron chi connectivity index (χ0n) is 8.65. The number of carboxylic acid groups (broad SMARTS) is 1. The van der Waals surface area contributed by atoms with Gasteiger partial charge in [0.1, 0.15) is 5.56 Å². The lowest BCUT2D eigenvalue weighted by molar-refractivity contribution is 0.0694. The quantitative estimate of drug-likeness (QED) is 0.580. The number of aromatic carboxylic acids is 1. The first-order valence-corrected chi connectivity index (χ1v) is 4.66. The Balaban J connectivity index is 2.93. The molecule has 0 spiro atoms. The van der Waals surface area contributed by atoms with E-state index in [1.165, 1.54) is 18.2 Å². The Morgan fingerprint density at radius 2 is 2.06 bits per heavy atom. The molecule has 0 saturated carbocycles. The predicted molar refractivity (Wildman–Crippen MR) is 57.8 cm³/mol. The standard InChI is InChI=1S/C10H12N2O4/c1-2-11-10(16)12-7-5-3-4-6(8(7)13)9(14)15/h3-5,13H,2H2,1H3,(H,14,15)(H2,11,12,16). The van der Waals surface area contributed by atoms with Crippen molar-refractivity contribution in [1.29, 1.82) is 0 Å². The Morgan fingerprint density at radius 1 is 1.38 bits per heavy atom. The molecular formula is C10H12N2O4. The summed E-state index contributed by atoms with van der Waals surface area (Å²) in [5.41, 5.74) is -0.194. The summed E-state index contributed by atoms with van der Waals surface area (Å²) in [6.07, 6.45) is 0. The van der Waals surface area contributed by atoms with Crippen LogP contribution in [0.3, 0.4) is 0 Å². The van der Waals surface area contributed by atoms with Crippen molar-refractivity contribution in [3.05, 3.63) is 23.8 Å². The van der Waals surface area contributed by atoms with Crippen LogP contribution in [0.5, 0.6) is 5.75 Å². The van der Waals surface area contributed by atoms with E-state index < -0.39 is 17.7 Å². The van der Waals surface area contributed by atoms with Crippen LogP contribution in [0.1, 0.15) is 17.3 Å². The minimum Gasteiger partial charge on any atom is -0.505 e. The summed E-state index contributed by atoms with van der Waals surface area (Å²) in [7, 11) is 0. The smallest absolute Gasteiger partial charge is 0.339 e. The van der Waals surface area contributed by atoms with Crippen LogP contribution in [-0.2, 0) is 0 Å². The second-order valence-corrected chi connectivity index (χ2v) is 2.99. The van der Waals surface area contributed by atoms with Crippen LogP contribution >= 0.6 is 0 Å². The van der Waals surface area contributed by atoms with E-state index in [2.05, 4.69) is 10.6 Å². The molecular weight excluding hydrogens is 212 g/mol. The number of benzene rings is 1. The van der Waals surface area contributed by atoms with E-state index in [0.29, 0.717) is 6.54 Å². The number of carbonyl (C=O) groups excluding carboxylic acids is 1. The van der Waals surface area contributed by atoms with Gasteiger partial charge in [-0.2, -0.15) is 0 Å². The third-order valence-electron chi connectivity index (χ3n) is 1.85. The van der Waals surface area contributed by atoms with Crippen LogP contribution in [0.2, 0.25) is 0 Å². The first-order chi connectivity index (χ1) is 7.56. The molecule has 16 heavy (non-hydrogen) atoms. The second kappa shape index (κ2) is 5.01. The second-order valence-electron chi connectivity index (χ2n) is 2.99. The molecule has 1 aromatic rings. The minimum atomic E-state index is -1.25. The summed E-state index contributed by atoms with van der Waals surface area (Å²) in [5.74, 6) is -1.71. The maximum absolute atomic E-state index is 11.2. The number of rotatable bonds is 3. The van der Waals surface area contributed by atoms with Crippen LogP contribution in [0.15, 0.2) is 18.2 Å². The molecule has 0 atom stereocenters. The van der Waals surface area contributed by atoms with Crippen LogP contribution in [0.4, 0.5) is 10.5 Å². The van der Waals surface area contributed by atoms with E-state index in [4.69, 9.17) is 5.11 Å². The molecule has 0 bridgehead atoms. The summed E-state index contributed by atoms with van der Waals surface area (Å²) in [5, 5.41) is 23.1. The molecule has 2 amide bonds. The Morgan fingerprint density at radius 3 is 2.62 bits per heavy atom. The van der Waals surface area contributed by atoms with Gasteiger partial charge in [0.2, 0.25) is 0 Å². The number of anilines is 1. The topological polar surface area (TPSA) is 98.7 Å². The average Bonchev–Trinajstić information content (AvgIpc) is 2.21. The van der Waals surface area contributed by atoms with Gasteiger partial charge in [0.25, 0.3) is 0 Å². The highest BCUT2D eigenvalue weighted by atomic mass is 16.4. The molecule has 0 aliphatic carbocycles. The lowest BCUT2D eigenvalue weighted by atomic mass is 10.2. The fourth-order valence-electron chi connectivity index (χ4n) is 1.14. The monoisotopic (exact) mass is 224 g/mol. The number of phenols is 1. The van der Waals surface area contributed by atoms with Crippen LogP contribution in [0, 0.1) is 0 Å². The van der Waals surface area contributed by atoms with Gasteiger partial charge in [0.15, 0.2) is 5.75 Å². The van der Waals surface area contributed by atoms with Crippen molar-refractivity contribution in [3.8, 4) is 5.75 Å². The number of amides is 2. The Bertz CT molecular complexity index is 417. The van der Waals surface area contributed by atoms with Crippen molar-refractivity contribution in [1.82, 2.24) is 5.32 Å².